The molecule has 1 N–H and O–H groups in total. The molecule has 0 radical (unpaired) electrons. The molecule has 0 aliphatic heterocycles. The summed E-state index contributed by atoms with van der Waals surface area (Å²) in [7, 11) is 0. The number of aromatic nitrogens is 2. The van der Waals surface area contributed by atoms with E-state index in [-0.39, 0.29) is 5.56 Å². The van der Waals surface area contributed by atoms with Crippen LogP contribution in [0.3, 0.4) is 0 Å². The van der Waals surface area contributed by atoms with Crippen molar-refractivity contribution in [1.82, 2.24) is 9.97 Å². The zero-order valence-corrected chi connectivity index (χ0v) is 11.5. The summed E-state index contributed by atoms with van der Waals surface area (Å²) in [6, 6.07) is 0. The molecule has 0 atom stereocenters. The Balaban J connectivity index is 2.43. The van der Waals surface area contributed by atoms with E-state index in [1.165, 1.54) is 6.42 Å². The Morgan fingerprint density at radius 3 is 2.72 bits per heavy atom. The molecule has 4 heteroatoms. The lowest BCUT2D eigenvalue weighted by Crippen LogP contribution is -2.30. The summed E-state index contributed by atoms with van der Waals surface area (Å²) in [6.45, 7) is 6.44. The third-order valence-corrected chi connectivity index (χ3v) is 3.52. The van der Waals surface area contributed by atoms with Gasteiger partial charge in [-0.1, -0.05) is 6.42 Å². The molecule has 18 heavy (non-hydrogen) atoms. The number of hydrogen-bond acceptors (Lipinski definition) is 3. The van der Waals surface area contributed by atoms with Gasteiger partial charge in [0.25, 0.3) is 5.56 Å². The van der Waals surface area contributed by atoms with E-state index in [4.69, 9.17) is 4.74 Å². The van der Waals surface area contributed by atoms with E-state index in [0.717, 1.165) is 36.9 Å². The Morgan fingerprint density at radius 1 is 1.28 bits per heavy atom. The Hall–Kier alpha value is -1.16. The highest BCUT2D eigenvalue weighted by atomic mass is 16.5. The van der Waals surface area contributed by atoms with Gasteiger partial charge in [-0.05, 0) is 46.5 Å². The van der Waals surface area contributed by atoms with Crippen LogP contribution in [-0.2, 0) is 23.2 Å². The smallest absolute Gasteiger partial charge is 0.254 e. The summed E-state index contributed by atoms with van der Waals surface area (Å²) in [5, 5.41) is 0. The van der Waals surface area contributed by atoms with Crippen LogP contribution >= 0.6 is 0 Å². The van der Waals surface area contributed by atoms with Gasteiger partial charge in [-0.25, -0.2) is 4.98 Å². The third-order valence-electron chi connectivity index (χ3n) is 3.52. The normalized spacial score (nSPS) is 16.2. The van der Waals surface area contributed by atoms with Crippen molar-refractivity contribution in [2.75, 3.05) is 6.61 Å². The SMILES string of the molecule is CCOC(C)(C)c1nc2c(c(=O)[nH]1)CCCCC2. The zero-order chi connectivity index (χ0) is 13.2. The second-order valence-electron chi connectivity index (χ2n) is 5.34. The van der Waals surface area contributed by atoms with Crippen molar-refractivity contribution in [3.8, 4) is 0 Å². The highest BCUT2D eigenvalue weighted by molar-refractivity contribution is 5.21. The Kier molecular flexibility index (Phi) is 3.85. The summed E-state index contributed by atoms with van der Waals surface area (Å²) in [4.78, 5) is 19.7. The van der Waals surface area contributed by atoms with Crippen LogP contribution < -0.4 is 5.56 Å². The Bertz CT molecular complexity index is 477. The maximum absolute atomic E-state index is 12.1. The van der Waals surface area contributed by atoms with Gasteiger partial charge in [0, 0.05) is 12.2 Å². The first kappa shape index (κ1) is 13.3. The van der Waals surface area contributed by atoms with Gasteiger partial charge in [-0.2, -0.15) is 0 Å². The number of aryl methyl sites for hydroxylation is 1. The van der Waals surface area contributed by atoms with Crippen LogP contribution in [0.5, 0.6) is 0 Å². The molecule has 1 aliphatic rings. The number of ether oxygens (including phenoxy) is 1. The van der Waals surface area contributed by atoms with E-state index >= 15 is 0 Å². The molecule has 0 amide bonds. The average Bonchev–Trinajstić information content (AvgIpc) is 2.54. The highest BCUT2D eigenvalue weighted by Crippen LogP contribution is 2.22. The van der Waals surface area contributed by atoms with E-state index in [0.29, 0.717) is 12.4 Å². The molecule has 100 valence electrons. The van der Waals surface area contributed by atoms with Crippen LogP contribution in [0.4, 0.5) is 0 Å². The molecule has 1 aromatic heterocycles. The minimum atomic E-state index is -0.532. The highest BCUT2D eigenvalue weighted by Gasteiger charge is 2.26. The third kappa shape index (κ3) is 2.64. The number of H-pyrrole nitrogens is 1. The van der Waals surface area contributed by atoms with E-state index in [2.05, 4.69) is 9.97 Å². The molecule has 4 nitrogen and oxygen atoms in total. The van der Waals surface area contributed by atoms with Gasteiger partial charge in [0.15, 0.2) is 0 Å². The quantitative estimate of drug-likeness (QED) is 0.837. The molecule has 0 saturated heterocycles. The van der Waals surface area contributed by atoms with Gasteiger partial charge in [-0.15, -0.1) is 0 Å². The lowest BCUT2D eigenvalue weighted by molar-refractivity contribution is -0.0211. The molecule has 1 aromatic rings. The monoisotopic (exact) mass is 250 g/mol. The van der Waals surface area contributed by atoms with E-state index < -0.39 is 5.60 Å². The number of hydrogen-bond donors (Lipinski definition) is 1. The van der Waals surface area contributed by atoms with Gasteiger partial charge in [0.2, 0.25) is 0 Å². The van der Waals surface area contributed by atoms with Crippen LogP contribution in [0.15, 0.2) is 4.79 Å². The van der Waals surface area contributed by atoms with E-state index in [1.807, 2.05) is 20.8 Å². The first-order valence-electron chi connectivity index (χ1n) is 6.81. The van der Waals surface area contributed by atoms with Gasteiger partial charge >= 0.3 is 0 Å². The van der Waals surface area contributed by atoms with Gasteiger partial charge < -0.3 is 9.72 Å². The summed E-state index contributed by atoms with van der Waals surface area (Å²) < 4.78 is 5.66. The molecule has 2 rings (SSSR count). The fourth-order valence-electron chi connectivity index (χ4n) is 2.49. The predicted octanol–water partition coefficient (Wildman–Crippen LogP) is 2.31. The van der Waals surface area contributed by atoms with Gasteiger partial charge in [0.1, 0.15) is 11.4 Å². The summed E-state index contributed by atoms with van der Waals surface area (Å²) in [5.74, 6) is 0.648. The van der Waals surface area contributed by atoms with Crippen molar-refractivity contribution in [2.45, 2.75) is 58.5 Å². The van der Waals surface area contributed by atoms with Crippen molar-refractivity contribution < 1.29 is 4.74 Å². The second-order valence-corrected chi connectivity index (χ2v) is 5.34. The van der Waals surface area contributed by atoms with Crippen LogP contribution in [-0.4, -0.2) is 16.6 Å². The molecule has 1 heterocycles. The maximum atomic E-state index is 12.1. The minimum Gasteiger partial charge on any atom is -0.368 e. The molecular formula is C14H22N2O2. The molecule has 0 unspecified atom stereocenters. The topological polar surface area (TPSA) is 55.0 Å². The number of fused-ring (bicyclic) bond motifs is 1. The molecule has 0 aromatic carbocycles. The average molecular weight is 250 g/mol. The molecule has 0 saturated carbocycles. The van der Waals surface area contributed by atoms with Gasteiger partial charge in [-0.3, -0.25) is 4.79 Å². The van der Waals surface area contributed by atoms with E-state index in [1.54, 1.807) is 0 Å². The summed E-state index contributed by atoms with van der Waals surface area (Å²) in [5.41, 5.74) is 1.34. The minimum absolute atomic E-state index is 0.0182. The molecule has 0 fully saturated rings. The van der Waals surface area contributed by atoms with Crippen molar-refractivity contribution in [1.29, 1.82) is 0 Å². The molecule has 0 spiro atoms. The maximum Gasteiger partial charge on any atom is 0.254 e. The van der Waals surface area contributed by atoms with Gasteiger partial charge in [0.05, 0.1) is 5.69 Å². The van der Waals surface area contributed by atoms with Crippen molar-refractivity contribution in [3.63, 3.8) is 0 Å². The fraction of sp³-hybridized carbons (Fsp3) is 0.714. The van der Waals surface area contributed by atoms with Crippen molar-refractivity contribution in [3.05, 3.63) is 27.4 Å². The van der Waals surface area contributed by atoms with E-state index in [9.17, 15) is 4.79 Å². The molecule has 1 aliphatic carbocycles. The zero-order valence-electron chi connectivity index (χ0n) is 11.5. The first-order chi connectivity index (χ1) is 8.54. The standard InChI is InChI=1S/C14H22N2O2/c1-4-18-14(2,3)13-15-11-9-7-5-6-8-10(11)12(17)16-13/h4-9H2,1-3H3,(H,15,16,17). The van der Waals surface area contributed by atoms with Crippen LogP contribution in [0.2, 0.25) is 0 Å². The predicted molar refractivity (Wildman–Crippen MR) is 70.8 cm³/mol. The fourth-order valence-corrected chi connectivity index (χ4v) is 2.49. The Morgan fingerprint density at radius 2 is 2.00 bits per heavy atom. The molecule has 0 bridgehead atoms. The lowest BCUT2D eigenvalue weighted by Gasteiger charge is -2.24. The summed E-state index contributed by atoms with van der Waals surface area (Å²) in [6.07, 6.45) is 5.16. The molecular weight excluding hydrogens is 228 g/mol. The number of rotatable bonds is 3. The second kappa shape index (κ2) is 5.22. The van der Waals surface area contributed by atoms with Crippen LogP contribution in [0.1, 0.15) is 57.1 Å². The lowest BCUT2D eigenvalue weighted by atomic mass is 10.1. The van der Waals surface area contributed by atoms with Crippen molar-refractivity contribution >= 4 is 0 Å². The number of nitrogens with zero attached hydrogens (tertiary/aromatic N) is 1. The Labute approximate surface area is 108 Å². The summed E-state index contributed by atoms with van der Waals surface area (Å²) >= 11 is 0. The largest absolute Gasteiger partial charge is 0.368 e. The van der Waals surface area contributed by atoms with Crippen molar-refractivity contribution in [2.24, 2.45) is 0 Å². The first-order valence-corrected chi connectivity index (χ1v) is 6.81. The number of aromatic amines is 1. The van der Waals surface area contributed by atoms with Crippen LogP contribution in [0, 0.1) is 0 Å². The van der Waals surface area contributed by atoms with Crippen LogP contribution in [0.25, 0.3) is 0 Å². The number of nitrogens with one attached hydrogen (secondary N) is 1.